The molecule has 0 bridgehead atoms. The van der Waals surface area contributed by atoms with Crippen LogP contribution in [-0.2, 0) is 35.8 Å². The van der Waals surface area contributed by atoms with Crippen molar-refractivity contribution in [2.45, 2.75) is 36.2 Å². The normalized spacial score (nSPS) is 22.1. The van der Waals surface area contributed by atoms with Crippen LogP contribution in [0.15, 0.2) is 158 Å². The van der Waals surface area contributed by atoms with E-state index in [1.165, 1.54) is 0 Å². The molecule has 4 heterocycles. The van der Waals surface area contributed by atoms with E-state index >= 15 is 14.4 Å². The maximum absolute atomic E-state index is 16.7. The molecule has 0 radical (unpaired) electrons. The summed E-state index contributed by atoms with van der Waals surface area (Å²) < 4.78 is 18.2. The molecular formula is C57H53N7O9. The first-order valence-electron chi connectivity index (χ1n) is 24.2. The SMILES string of the molecule is NC(=O)NCC#Cc1ccc2c(c1)[C@]1(C(=O)N2C(=O)NCc2ccccc2)[C@H](c2cccc(OCCO)c2)N2C(C(=O)O[C@@H](c3ccccc3)[C@H]2c2ccccc2)[C@@H]1C(=O)Nc1ccc(N2CCOCC2)cc1. The van der Waals surface area contributed by atoms with Crippen LogP contribution in [0.1, 0.15) is 51.6 Å². The van der Waals surface area contributed by atoms with Gasteiger partial charge in [-0.2, -0.15) is 0 Å². The van der Waals surface area contributed by atoms with Crippen molar-refractivity contribution in [3.8, 4) is 17.6 Å². The van der Waals surface area contributed by atoms with Crippen LogP contribution in [0.5, 0.6) is 5.75 Å². The number of fused-ring (bicyclic) bond motifs is 3. The molecule has 10 rings (SSSR count). The largest absolute Gasteiger partial charge is 0.491 e. The average Bonchev–Trinajstić information content (AvgIpc) is 3.88. The summed E-state index contributed by atoms with van der Waals surface area (Å²) in [7, 11) is 0. The number of hydrogen-bond acceptors (Lipinski definition) is 11. The second-order valence-corrected chi connectivity index (χ2v) is 18.1. The number of nitrogens with two attached hydrogens (primary N) is 1. The first-order valence-corrected chi connectivity index (χ1v) is 24.2. The van der Waals surface area contributed by atoms with Crippen molar-refractivity contribution < 1.29 is 43.3 Å². The molecule has 3 saturated heterocycles. The number of ether oxygens (including phenoxy) is 3. The fourth-order valence-electron chi connectivity index (χ4n) is 10.9. The second kappa shape index (κ2) is 21.1. The van der Waals surface area contributed by atoms with Crippen molar-refractivity contribution in [1.82, 2.24) is 15.5 Å². The molecule has 6 amide bonds. The van der Waals surface area contributed by atoms with E-state index in [-0.39, 0.29) is 37.6 Å². The Hall–Kier alpha value is -8.49. The third kappa shape index (κ3) is 9.33. The van der Waals surface area contributed by atoms with E-state index in [9.17, 15) is 14.7 Å². The van der Waals surface area contributed by atoms with Gasteiger partial charge in [0.25, 0.3) is 0 Å². The minimum Gasteiger partial charge on any atom is -0.491 e. The van der Waals surface area contributed by atoms with Crippen molar-refractivity contribution in [1.29, 1.82) is 0 Å². The number of amides is 6. The Bertz CT molecular complexity index is 3070. The van der Waals surface area contributed by atoms with Gasteiger partial charge in [-0.15, -0.1) is 0 Å². The molecule has 6 N–H and O–H groups in total. The van der Waals surface area contributed by atoms with Gasteiger partial charge in [-0.05, 0) is 82.4 Å². The monoisotopic (exact) mass is 979 g/mol. The molecule has 1 spiro atoms. The highest BCUT2D eigenvalue weighted by Crippen LogP contribution is 2.66. The van der Waals surface area contributed by atoms with Crippen LogP contribution in [-0.4, -0.2) is 92.0 Å². The molecule has 370 valence electrons. The number of cyclic esters (lactones) is 1. The molecule has 6 atom stereocenters. The number of anilines is 3. The zero-order valence-corrected chi connectivity index (χ0v) is 39.7. The maximum Gasteiger partial charge on any atom is 0.329 e. The molecule has 6 aromatic rings. The number of nitrogens with one attached hydrogen (secondary N) is 3. The summed E-state index contributed by atoms with van der Waals surface area (Å²) in [5.41, 5.74) is 8.05. The minimum absolute atomic E-state index is 0.0419. The summed E-state index contributed by atoms with van der Waals surface area (Å²) in [6, 6.07) is 42.3. The van der Waals surface area contributed by atoms with E-state index in [1.807, 2.05) is 114 Å². The van der Waals surface area contributed by atoms with E-state index in [0.717, 1.165) is 21.7 Å². The molecule has 73 heavy (non-hydrogen) atoms. The number of esters is 1. The van der Waals surface area contributed by atoms with Crippen LogP contribution in [0.3, 0.4) is 0 Å². The van der Waals surface area contributed by atoms with E-state index in [0.29, 0.717) is 54.4 Å². The summed E-state index contributed by atoms with van der Waals surface area (Å²) in [6.07, 6.45) is -0.952. The third-order valence-electron chi connectivity index (χ3n) is 13.9. The van der Waals surface area contributed by atoms with E-state index in [4.69, 9.17) is 19.9 Å². The van der Waals surface area contributed by atoms with Gasteiger partial charge in [-0.1, -0.05) is 115 Å². The third-order valence-corrected chi connectivity index (χ3v) is 13.9. The highest BCUT2D eigenvalue weighted by molar-refractivity contribution is 6.25. The Morgan fingerprint density at radius 3 is 2.15 bits per heavy atom. The number of carbonyl (C=O) groups is 5. The summed E-state index contributed by atoms with van der Waals surface area (Å²) in [5.74, 6) is 2.53. The molecule has 4 aliphatic rings. The zero-order chi connectivity index (χ0) is 50.5. The molecule has 1 unspecified atom stereocenters. The summed E-state index contributed by atoms with van der Waals surface area (Å²) in [4.78, 5) is 80.1. The fraction of sp³-hybridized carbons (Fsp3) is 0.246. The van der Waals surface area contributed by atoms with Gasteiger partial charge >= 0.3 is 18.0 Å². The number of morpholine rings is 2. The van der Waals surface area contributed by atoms with Gasteiger partial charge in [0.1, 0.15) is 29.9 Å². The van der Waals surface area contributed by atoms with Crippen molar-refractivity contribution in [3.63, 3.8) is 0 Å². The molecule has 3 fully saturated rings. The number of rotatable bonds is 12. The number of hydrogen-bond donors (Lipinski definition) is 5. The standard InChI is InChI=1S/C57H53N7O9/c58-55(69)59-27-11-14-37-21-26-46-45(34-37)57(54(68)63(46)56(70)60-36-38-12-4-1-5-13-38)47(52(66)61-42-22-24-43(25-23-42)62-28-31-71-32-29-62)49-53(67)73-50(40-17-8-3-9-18-40)48(39-15-6-2-7-16-39)64(49)51(57)41-19-10-20-44(35-41)72-33-30-65/h1-10,12-13,15-26,34-35,47-51,65H,27-33,36H2,(H,60,70)(H,61,66)(H3,58,59,69)/t47-,48-,49?,50+,51+,57-/m1/s1. The molecule has 16 heteroatoms. The van der Waals surface area contributed by atoms with Crippen LogP contribution in [0.4, 0.5) is 26.7 Å². The molecule has 16 nitrogen and oxygen atoms in total. The number of carbonyl (C=O) groups excluding carboxylic acids is 5. The summed E-state index contributed by atoms with van der Waals surface area (Å²) in [6.45, 7) is 2.21. The smallest absolute Gasteiger partial charge is 0.329 e. The van der Waals surface area contributed by atoms with Crippen LogP contribution >= 0.6 is 0 Å². The van der Waals surface area contributed by atoms with Crippen LogP contribution < -0.4 is 36.2 Å². The predicted octanol–water partition coefficient (Wildman–Crippen LogP) is 6.13. The fourth-order valence-corrected chi connectivity index (χ4v) is 10.9. The van der Waals surface area contributed by atoms with Crippen LogP contribution in [0, 0.1) is 17.8 Å². The van der Waals surface area contributed by atoms with Gasteiger partial charge in [-0.3, -0.25) is 19.3 Å². The van der Waals surface area contributed by atoms with Gasteiger partial charge in [0, 0.05) is 36.6 Å². The van der Waals surface area contributed by atoms with E-state index in [2.05, 4.69) is 32.7 Å². The Labute approximate surface area is 422 Å². The molecular weight excluding hydrogens is 927 g/mol. The Kier molecular flexibility index (Phi) is 13.9. The number of nitrogens with zero attached hydrogens (tertiary/aromatic N) is 3. The Balaban J connectivity index is 1.23. The quantitative estimate of drug-likeness (QED) is 0.0697. The molecule has 4 aliphatic heterocycles. The van der Waals surface area contributed by atoms with Crippen LogP contribution in [0.25, 0.3) is 0 Å². The van der Waals surface area contributed by atoms with Crippen molar-refractivity contribution >= 4 is 46.9 Å². The molecule has 0 aromatic heterocycles. The number of primary amides is 1. The Morgan fingerprint density at radius 1 is 0.767 bits per heavy atom. The van der Waals surface area contributed by atoms with Gasteiger partial charge in [0.2, 0.25) is 11.8 Å². The zero-order valence-electron chi connectivity index (χ0n) is 39.7. The Morgan fingerprint density at radius 2 is 1.45 bits per heavy atom. The van der Waals surface area contributed by atoms with Crippen molar-refractivity contribution in [2.24, 2.45) is 11.7 Å². The van der Waals surface area contributed by atoms with Gasteiger partial charge < -0.3 is 45.9 Å². The molecule has 0 aliphatic carbocycles. The van der Waals surface area contributed by atoms with E-state index < -0.39 is 65.4 Å². The first kappa shape index (κ1) is 48.2. The summed E-state index contributed by atoms with van der Waals surface area (Å²) >= 11 is 0. The molecule has 6 aromatic carbocycles. The number of benzene rings is 6. The lowest BCUT2D eigenvalue weighted by Gasteiger charge is -2.46. The van der Waals surface area contributed by atoms with Crippen molar-refractivity contribution in [3.05, 3.63) is 191 Å². The lowest BCUT2D eigenvalue weighted by atomic mass is 9.65. The highest BCUT2D eigenvalue weighted by Gasteiger charge is 2.75. The number of aliphatic hydroxyl groups is 1. The topological polar surface area (TPSA) is 205 Å². The molecule has 0 saturated carbocycles. The number of urea groups is 2. The number of aliphatic hydroxyl groups excluding tert-OH is 1. The van der Waals surface area contributed by atoms with E-state index in [1.54, 1.807) is 48.5 Å². The minimum atomic E-state index is -2.10. The maximum atomic E-state index is 16.7. The predicted molar refractivity (Wildman–Crippen MR) is 272 cm³/mol. The average molecular weight is 980 g/mol. The van der Waals surface area contributed by atoms with Gasteiger partial charge in [-0.25, -0.2) is 14.5 Å². The lowest BCUT2D eigenvalue weighted by molar-refractivity contribution is -0.177. The first-order chi connectivity index (χ1) is 35.7. The summed E-state index contributed by atoms with van der Waals surface area (Å²) in [5, 5.41) is 18.4. The van der Waals surface area contributed by atoms with Crippen LogP contribution in [0.2, 0.25) is 0 Å². The van der Waals surface area contributed by atoms with Gasteiger partial charge in [0.15, 0.2) is 0 Å². The highest BCUT2D eigenvalue weighted by atomic mass is 16.6. The number of imide groups is 1. The lowest BCUT2D eigenvalue weighted by Crippen LogP contribution is -2.55. The van der Waals surface area contributed by atoms with Gasteiger partial charge in [0.05, 0.1) is 50.1 Å². The second-order valence-electron chi connectivity index (χ2n) is 18.1. The van der Waals surface area contributed by atoms with Crippen molar-refractivity contribution in [2.75, 3.05) is 61.2 Å².